The van der Waals surface area contributed by atoms with Crippen molar-refractivity contribution in [3.8, 4) is 0 Å². The highest BCUT2D eigenvalue weighted by Crippen LogP contribution is 2.32. The molecule has 1 aliphatic carbocycles. The lowest BCUT2D eigenvalue weighted by Crippen LogP contribution is -2.43. The zero-order valence-corrected chi connectivity index (χ0v) is 14.1. The van der Waals surface area contributed by atoms with Crippen LogP contribution in [0.3, 0.4) is 0 Å². The van der Waals surface area contributed by atoms with Gasteiger partial charge >= 0.3 is 11.9 Å². The Bertz CT molecular complexity index is 444. The van der Waals surface area contributed by atoms with Crippen molar-refractivity contribution < 1.29 is 28.5 Å². The molecule has 0 saturated heterocycles. The summed E-state index contributed by atoms with van der Waals surface area (Å²) in [4.78, 5) is 23.3. The second-order valence-electron chi connectivity index (χ2n) is 5.71. The molecule has 4 atom stereocenters. The summed E-state index contributed by atoms with van der Waals surface area (Å²) in [5, 5.41) is 0. The third-order valence-corrected chi connectivity index (χ3v) is 3.97. The lowest BCUT2D eigenvalue weighted by atomic mass is 9.82. The van der Waals surface area contributed by atoms with Gasteiger partial charge in [0.25, 0.3) is 0 Å². The van der Waals surface area contributed by atoms with Crippen molar-refractivity contribution in [3.05, 3.63) is 24.8 Å². The number of hydrogen-bond acceptors (Lipinski definition) is 6. The molecular formula is C17H26O6. The van der Waals surface area contributed by atoms with Crippen molar-refractivity contribution in [2.75, 3.05) is 20.8 Å². The van der Waals surface area contributed by atoms with Crippen LogP contribution in [0.25, 0.3) is 0 Å². The second-order valence-corrected chi connectivity index (χ2v) is 5.71. The molecule has 23 heavy (non-hydrogen) atoms. The molecule has 0 N–H and O–H groups in total. The fourth-order valence-corrected chi connectivity index (χ4v) is 2.73. The molecule has 4 unspecified atom stereocenters. The smallest absolute Gasteiger partial charge is 0.333 e. The maximum Gasteiger partial charge on any atom is 0.333 e. The highest BCUT2D eigenvalue weighted by Gasteiger charge is 2.38. The maximum absolute atomic E-state index is 11.8. The van der Waals surface area contributed by atoms with Crippen LogP contribution in [0.4, 0.5) is 0 Å². The summed E-state index contributed by atoms with van der Waals surface area (Å²) in [6.45, 7) is 8.87. The first-order valence-corrected chi connectivity index (χ1v) is 7.64. The van der Waals surface area contributed by atoms with Crippen LogP contribution in [-0.4, -0.2) is 51.1 Å². The molecule has 0 radical (unpaired) electrons. The minimum atomic E-state index is -0.486. The van der Waals surface area contributed by atoms with E-state index in [1.165, 1.54) is 0 Å². The molecule has 6 heteroatoms. The molecule has 0 bridgehead atoms. The van der Waals surface area contributed by atoms with Crippen molar-refractivity contribution in [3.63, 3.8) is 0 Å². The molecular weight excluding hydrogens is 300 g/mol. The first-order chi connectivity index (χ1) is 10.9. The van der Waals surface area contributed by atoms with E-state index in [1.54, 1.807) is 21.1 Å². The fourth-order valence-electron chi connectivity index (χ4n) is 2.73. The molecule has 0 aromatic carbocycles. The van der Waals surface area contributed by atoms with Gasteiger partial charge in [-0.15, -0.1) is 0 Å². The predicted molar refractivity (Wildman–Crippen MR) is 84.8 cm³/mol. The van der Waals surface area contributed by atoms with E-state index in [2.05, 4.69) is 13.2 Å². The topological polar surface area (TPSA) is 71.1 Å². The molecule has 1 fully saturated rings. The summed E-state index contributed by atoms with van der Waals surface area (Å²) >= 11 is 0. The van der Waals surface area contributed by atoms with Crippen LogP contribution in [0.15, 0.2) is 24.8 Å². The Morgan fingerprint density at radius 2 is 1.96 bits per heavy atom. The van der Waals surface area contributed by atoms with E-state index in [-0.39, 0.29) is 18.6 Å². The van der Waals surface area contributed by atoms with Gasteiger partial charge in [0.15, 0.2) is 0 Å². The largest absolute Gasteiger partial charge is 0.456 e. The summed E-state index contributed by atoms with van der Waals surface area (Å²) in [5.74, 6) is -0.910. The number of carbonyl (C=O) groups excluding carboxylic acids is 2. The number of rotatable bonds is 8. The van der Waals surface area contributed by atoms with Crippen LogP contribution in [0.2, 0.25) is 0 Å². The second kappa shape index (κ2) is 9.47. The molecule has 0 aromatic heterocycles. The van der Waals surface area contributed by atoms with Crippen LogP contribution >= 0.6 is 0 Å². The standard InChI is InChI=1S/C17H26O6/c1-6-16(18)22-14-9-12(7-8-13(14)21-5)15(10-20-4)23-17(19)11(2)3/h6,12-15H,1-2,7-10H2,3-5H3. The predicted octanol–water partition coefficient (Wildman–Crippen LogP) is 2.03. The molecule has 0 heterocycles. The van der Waals surface area contributed by atoms with Gasteiger partial charge in [0.05, 0.1) is 12.7 Å². The van der Waals surface area contributed by atoms with Crippen molar-refractivity contribution in [2.45, 2.75) is 44.5 Å². The molecule has 6 nitrogen and oxygen atoms in total. The Kier molecular flexibility index (Phi) is 7.98. The average Bonchev–Trinajstić information content (AvgIpc) is 2.53. The zero-order valence-electron chi connectivity index (χ0n) is 14.1. The molecule has 0 aromatic rings. The number of hydrogen-bond donors (Lipinski definition) is 0. The Hall–Kier alpha value is -1.66. The van der Waals surface area contributed by atoms with E-state index in [4.69, 9.17) is 18.9 Å². The quantitative estimate of drug-likeness (QED) is 0.502. The van der Waals surface area contributed by atoms with Gasteiger partial charge in [0.1, 0.15) is 12.2 Å². The molecule has 0 amide bonds. The summed E-state index contributed by atoms with van der Waals surface area (Å²) < 4.78 is 21.4. The Labute approximate surface area is 137 Å². The van der Waals surface area contributed by atoms with Crippen molar-refractivity contribution in [2.24, 2.45) is 5.92 Å². The zero-order chi connectivity index (χ0) is 17.4. The molecule has 0 aliphatic heterocycles. The van der Waals surface area contributed by atoms with E-state index in [1.807, 2.05) is 0 Å². The minimum absolute atomic E-state index is 0.0206. The van der Waals surface area contributed by atoms with Crippen LogP contribution in [0.5, 0.6) is 0 Å². The van der Waals surface area contributed by atoms with E-state index in [0.29, 0.717) is 18.4 Å². The first-order valence-electron chi connectivity index (χ1n) is 7.64. The summed E-state index contributed by atoms with van der Waals surface area (Å²) in [7, 11) is 3.14. The Balaban J connectivity index is 2.78. The summed E-state index contributed by atoms with van der Waals surface area (Å²) in [6.07, 6.45) is 2.19. The van der Waals surface area contributed by atoms with Gasteiger partial charge in [0, 0.05) is 31.8 Å². The van der Waals surface area contributed by atoms with E-state index in [0.717, 1.165) is 12.5 Å². The van der Waals surface area contributed by atoms with Gasteiger partial charge in [-0.25, -0.2) is 9.59 Å². The van der Waals surface area contributed by atoms with E-state index in [9.17, 15) is 9.59 Å². The highest BCUT2D eigenvalue weighted by molar-refractivity contribution is 5.87. The van der Waals surface area contributed by atoms with Crippen molar-refractivity contribution in [1.29, 1.82) is 0 Å². The first kappa shape index (κ1) is 19.4. The number of ether oxygens (including phenoxy) is 4. The van der Waals surface area contributed by atoms with Gasteiger partial charge in [-0.05, 0) is 26.2 Å². The van der Waals surface area contributed by atoms with Gasteiger partial charge < -0.3 is 18.9 Å². The van der Waals surface area contributed by atoms with E-state index < -0.39 is 24.1 Å². The van der Waals surface area contributed by atoms with Crippen LogP contribution in [0, 0.1) is 5.92 Å². The van der Waals surface area contributed by atoms with Gasteiger partial charge in [-0.3, -0.25) is 0 Å². The Morgan fingerprint density at radius 1 is 1.26 bits per heavy atom. The molecule has 1 aliphatic rings. The van der Waals surface area contributed by atoms with E-state index >= 15 is 0 Å². The fraction of sp³-hybridized carbons (Fsp3) is 0.647. The van der Waals surface area contributed by atoms with Gasteiger partial charge in [-0.2, -0.15) is 0 Å². The van der Waals surface area contributed by atoms with Gasteiger partial charge in [-0.1, -0.05) is 13.2 Å². The number of carbonyl (C=O) groups is 2. The SMILES string of the molecule is C=CC(=O)OC1CC(C(COC)OC(=O)C(=C)C)CCC1OC. The number of methoxy groups -OCH3 is 2. The average molecular weight is 326 g/mol. The third kappa shape index (κ3) is 5.80. The third-order valence-electron chi connectivity index (χ3n) is 3.97. The number of esters is 2. The van der Waals surface area contributed by atoms with Crippen molar-refractivity contribution in [1.82, 2.24) is 0 Å². The van der Waals surface area contributed by atoms with Crippen LogP contribution in [0.1, 0.15) is 26.2 Å². The minimum Gasteiger partial charge on any atom is -0.456 e. The van der Waals surface area contributed by atoms with Crippen LogP contribution in [-0.2, 0) is 28.5 Å². The lowest BCUT2D eigenvalue weighted by Gasteiger charge is -2.37. The lowest BCUT2D eigenvalue weighted by molar-refractivity contribution is -0.164. The van der Waals surface area contributed by atoms with Crippen molar-refractivity contribution >= 4 is 11.9 Å². The highest BCUT2D eigenvalue weighted by atomic mass is 16.6. The molecule has 130 valence electrons. The molecule has 0 spiro atoms. The monoisotopic (exact) mass is 326 g/mol. The molecule has 1 saturated carbocycles. The maximum atomic E-state index is 11.8. The Morgan fingerprint density at radius 3 is 2.48 bits per heavy atom. The van der Waals surface area contributed by atoms with Gasteiger partial charge in [0.2, 0.25) is 0 Å². The molecule has 1 rings (SSSR count). The summed E-state index contributed by atoms with van der Waals surface area (Å²) in [6, 6.07) is 0. The van der Waals surface area contributed by atoms with Crippen LogP contribution < -0.4 is 0 Å². The summed E-state index contributed by atoms with van der Waals surface area (Å²) in [5.41, 5.74) is 0.339. The normalized spacial score (nSPS) is 25.3.